The molecule has 2 heterocycles. The molecule has 0 saturated carbocycles. The molecule has 0 aliphatic heterocycles. The van der Waals surface area contributed by atoms with Crippen LogP contribution < -0.4 is 5.32 Å². The van der Waals surface area contributed by atoms with Gasteiger partial charge in [0.25, 0.3) is 0 Å². The van der Waals surface area contributed by atoms with E-state index >= 15 is 0 Å². The molecule has 0 aliphatic carbocycles. The lowest BCUT2D eigenvalue weighted by molar-refractivity contribution is -0.121. The predicted octanol–water partition coefficient (Wildman–Crippen LogP) is 3.70. The molecule has 1 amide bonds. The fourth-order valence-electron chi connectivity index (χ4n) is 1.76. The summed E-state index contributed by atoms with van der Waals surface area (Å²) in [5.74, 6) is 0.462. The fourth-order valence-corrected chi connectivity index (χ4v) is 3.31. The van der Waals surface area contributed by atoms with Crippen molar-refractivity contribution in [2.24, 2.45) is 5.92 Å². The van der Waals surface area contributed by atoms with Crippen LogP contribution in [0.15, 0.2) is 29.0 Å². The molecule has 0 radical (unpaired) electrons. The zero-order valence-corrected chi connectivity index (χ0v) is 13.1. The van der Waals surface area contributed by atoms with Crippen LogP contribution in [0, 0.1) is 5.92 Å². The third-order valence-electron chi connectivity index (χ3n) is 2.72. The van der Waals surface area contributed by atoms with Crippen molar-refractivity contribution in [1.82, 2.24) is 5.32 Å². The van der Waals surface area contributed by atoms with E-state index in [1.54, 1.807) is 0 Å². The van der Waals surface area contributed by atoms with Gasteiger partial charge in [-0.05, 0) is 29.5 Å². The zero-order chi connectivity index (χ0) is 14.5. The summed E-state index contributed by atoms with van der Waals surface area (Å²) in [6.45, 7) is 4.53. The Morgan fingerprint density at radius 2 is 2.05 bits per heavy atom. The van der Waals surface area contributed by atoms with Crippen LogP contribution in [0.2, 0.25) is 0 Å². The van der Waals surface area contributed by atoms with Gasteiger partial charge in [-0.25, -0.2) is 0 Å². The maximum atomic E-state index is 12.1. The lowest BCUT2D eigenvalue weighted by atomic mass is 10.1. The van der Waals surface area contributed by atoms with E-state index in [0.717, 1.165) is 15.3 Å². The summed E-state index contributed by atoms with van der Waals surface area (Å²) < 4.78 is 0. The van der Waals surface area contributed by atoms with E-state index in [9.17, 15) is 9.59 Å². The lowest BCUT2D eigenvalue weighted by Crippen LogP contribution is -2.23. The van der Waals surface area contributed by atoms with E-state index in [0.29, 0.717) is 18.9 Å². The summed E-state index contributed by atoms with van der Waals surface area (Å²) in [6, 6.07) is 5.56. The summed E-state index contributed by atoms with van der Waals surface area (Å²) in [6.07, 6.45) is 0.534. The summed E-state index contributed by atoms with van der Waals surface area (Å²) >= 11 is 2.96. The highest BCUT2D eigenvalue weighted by atomic mass is 32.1. The van der Waals surface area contributed by atoms with Crippen LogP contribution in [0.5, 0.6) is 0 Å². The van der Waals surface area contributed by atoms with Crippen molar-refractivity contribution in [1.29, 1.82) is 0 Å². The van der Waals surface area contributed by atoms with Gasteiger partial charge < -0.3 is 5.32 Å². The number of thiophene rings is 2. The highest BCUT2D eigenvalue weighted by Gasteiger charge is 2.12. The van der Waals surface area contributed by atoms with Gasteiger partial charge in [0.05, 0.1) is 11.4 Å². The van der Waals surface area contributed by atoms with E-state index in [2.05, 4.69) is 5.32 Å². The van der Waals surface area contributed by atoms with Crippen molar-refractivity contribution < 1.29 is 9.59 Å². The average Bonchev–Trinajstić information content (AvgIpc) is 3.06. The second kappa shape index (κ2) is 6.81. The maximum absolute atomic E-state index is 12.1. The number of rotatable bonds is 6. The minimum Gasteiger partial charge on any atom is -0.351 e. The predicted molar refractivity (Wildman–Crippen MR) is 83.4 cm³/mol. The quantitative estimate of drug-likeness (QED) is 0.827. The Morgan fingerprint density at radius 3 is 2.70 bits per heavy atom. The summed E-state index contributed by atoms with van der Waals surface area (Å²) in [5, 5.41) is 6.63. The molecule has 1 N–H and O–H groups in total. The zero-order valence-electron chi connectivity index (χ0n) is 11.5. The van der Waals surface area contributed by atoms with Gasteiger partial charge in [0.2, 0.25) is 11.7 Å². The van der Waals surface area contributed by atoms with Crippen LogP contribution in [-0.2, 0) is 11.3 Å². The number of ketones is 1. The first-order valence-electron chi connectivity index (χ1n) is 6.48. The minimum absolute atomic E-state index is 0.0519. The minimum atomic E-state index is 0.0519. The third-order valence-corrected chi connectivity index (χ3v) is 4.49. The number of carbonyl (C=O) groups is 2. The van der Waals surface area contributed by atoms with Gasteiger partial charge in [0, 0.05) is 22.2 Å². The second-order valence-corrected chi connectivity index (χ2v) is 6.93. The first-order valence-corrected chi connectivity index (χ1v) is 8.24. The van der Waals surface area contributed by atoms with Gasteiger partial charge in [-0.1, -0.05) is 13.8 Å². The van der Waals surface area contributed by atoms with E-state index in [1.807, 2.05) is 42.8 Å². The van der Waals surface area contributed by atoms with Crippen molar-refractivity contribution in [2.45, 2.75) is 26.8 Å². The largest absolute Gasteiger partial charge is 0.351 e. The van der Waals surface area contributed by atoms with Crippen LogP contribution in [0.25, 0.3) is 0 Å². The number of hydrogen-bond donors (Lipinski definition) is 1. The van der Waals surface area contributed by atoms with Crippen molar-refractivity contribution >= 4 is 34.4 Å². The Labute approximate surface area is 126 Å². The highest BCUT2D eigenvalue weighted by Crippen LogP contribution is 2.21. The molecule has 0 fully saturated rings. The molecule has 0 aliphatic rings. The normalized spacial score (nSPS) is 10.8. The fraction of sp³-hybridized carbons (Fsp3) is 0.333. The van der Waals surface area contributed by atoms with Crippen molar-refractivity contribution in [3.63, 3.8) is 0 Å². The van der Waals surface area contributed by atoms with Crippen LogP contribution in [0.3, 0.4) is 0 Å². The van der Waals surface area contributed by atoms with Crippen molar-refractivity contribution in [3.05, 3.63) is 44.3 Å². The molecule has 5 heteroatoms. The molecule has 0 bridgehead atoms. The molecule has 0 spiro atoms. The lowest BCUT2D eigenvalue weighted by Gasteiger charge is -2.05. The summed E-state index contributed by atoms with van der Waals surface area (Å²) in [4.78, 5) is 25.4. The van der Waals surface area contributed by atoms with E-state index < -0.39 is 0 Å². The molecule has 2 aromatic rings. The van der Waals surface area contributed by atoms with Crippen molar-refractivity contribution in [3.8, 4) is 0 Å². The van der Waals surface area contributed by atoms with Gasteiger partial charge >= 0.3 is 0 Å². The van der Waals surface area contributed by atoms with Gasteiger partial charge in [-0.3, -0.25) is 9.59 Å². The van der Waals surface area contributed by atoms with E-state index in [4.69, 9.17) is 0 Å². The first kappa shape index (κ1) is 14.9. The van der Waals surface area contributed by atoms with E-state index in [-0.39, 0.29) is 11.7 Å². The van der Waals surface area contributed by atoms with Gasteiger partial charge in [-0.2, -0.15) is 11.3 Å². The summed E-state index contributed by atoms with van der Waals surface area (Å²) in [5.41, 5.74) is 0.729. The Hall–Kier alpha value is -1.46. The Morgan fingerprint density at radius 1 is 1.25 bits per heavy atom. The van der Waals surface area contributed by atoms with E-state index in [1.165, 1.54) is 22.7 Å². The monoisotopic (exact) mass is 307 g/mol. The van der Waals surface area contributed by atoms with Crippen molar-refractivity contribution in [2.75, 3.05) is 0 Å². The van der Waals surface area contributed by atoms with Crippen LogP contribution in [0.1, 0.15) is 40.4 Å². The van der Waals surface area contributed by atoms with Crippen LogP contribution >= 0.6 is 22.7 Å². The summed E-state index contributed by atoms with van der Waals surface area (Å²) in [7, 11) is 0. The average molecular weight is 307 g/mol. The molecule has 0 saturated heterocycles. The van der Waals surface area contributed by atoms with Gasteiger partial charge in [0.15, 0.2) is 0 Å². The molecule has 0 atom stereocenters. The number of hydrogen-bond acceptors (Lipinski definition) is 4. The molecule has 0 unspecified atom stereocenters. The molecule has 0 aromatic carbocycles. The Kier molecular flexibility index (Phi) is 5.09. The molecular formula is C15H17NO2S2. The highest BCUT2D eigenvalue weighted by molar-refractivity contribution is 7.14. The third kappa shape index (κ3) is 4.02. The topological polar surface area (TPSA) is 46.2 Å². The smallest absolute Gasteiger partial charge is 0.220 e. The SMILES string of the molecule is CC(C)CC(=O)NCc1ccc(C(=O)c2ccsc2)s1. The molecular weight excluding hydrogens is 290 g/mol. The number of nitrogens with one attached hydrogen (secondary N) is 1. The van der Waals surface area contributed by atoms with Crippen LogP contribution in [0.4, 0.5) is 0 Å². The van der Waals surface area contributed by atoms with Crippen LogP contribution in [-0.4, -0.2) is 11.7 Å². The Bertz CT molecular complexity index is 585. The first-order chi connectivity index (χ1) is 9.56. The number of carbonyl (C=O) groups excluding carboxylic acids is 2. The Balaban J connectivity index is 1.93. The molecule has 2 aromatic heterocycles. The number of amides is 1. The molecule has 3 nitrogen and oxygen atoms in total. The molecule has 2 rings (SSSR count). The molecule has 20 heavy (non-hydrogen) atoms. The molecule has 106 valence electrons. The maximum Gasteiger partial charge on any atom is 0.220 e. The standard InChI is InChI=1S/C15H17NO2S2/c1-10(2)7-14(17)16-8-12-3-4-13(20-12)15(18)11-5-6-19-9-11/h3-6,9-10H,7-8H2,1-2H3,(H,16,17). The van der Waals surface area contributed by atoms with Gasteiger partial charge in [0.1, 0.15) is 0 Å². The second-order valence-electron chi connectivity index (χ2n) is 4.98. The van der Waals surface area contributed by atoms with Gasteiger partial charge in [-0.15, -0.1) is 11.3 Å².